The Labute approximate surface area is 201 Å². The molecule has 1 radical (unpaired) electrons. The Balaban J connectivity index is -0.000000458. The van der Waals surface area contributed by atoms with Crippen molar-refractivity contribution in [3.8, 4) is 0 Å². The van der Waals surface area contributed by atoms with Gasteiger partial charge in [0.2, 0.25) is 0 Å². The first kappa shape index (κ1) is 35.1. The molecule has 185 valence electrons. The fraction of sp³-hybridized carbons (Fsp3) is 0.679. The van der Waals surface area contributed by atoms with Crippen molar-refractivity contribution in [2.75, 3.05) is 6.61 Å². The first-order valence-corrected chi connectivity index (χ1v) is 12.5. The van der Waals surface area contributed by atoms with Gasteiger partial charge in [-0.25, -0.2) is 4.79 Å². The summed E-state index contributed by atoms with van der Waals surface area (Å²) in [5.41, 5.74) is 3.10. The zero-order valence-electron chi connectivity index (χ0n) is 23.3. The van der Waals surface area contributed by atoms with Crippen LogP contribution in [-0.4, -0.2) is 25.7 Å². The van der Waals surface area contributed by atoms with Gasteiger partial charge in [-0.2, -0.15) is 0 Å². The number of unbranched alkanes of at least 4 members (excludes halogenated alkanes) is 1. The number of carbonyl (C=O) groups is 1. The number of allylic oxidation sites excluding steroid dienone is 1. The molecule has 0 aliphatic carbocycles. The van der Waals surface area contributed by atoms with Crippen LogP contribution in [0.25, 0.3) is 0 Å². The van der Waals surface area contributed by atoms with Crippen molar-refractivity contribution >= 4 is 18.9 Å². The maximum absolute atomic E-state index is 11.0. The molecule has 3 nitrogen and oxygen atoms in total. The summed E-state index contributed by atoms with van der Waals surface area (Å²) in [7, 11) is 1.86. The fourth-order valence-electron chi connectivity index (χ4n) is 1.88. The van der Waals surface area contributed by atoms with Crippen LogP contribution in [0, 0.1) is 5.92 Å². The molecule has 1 rings (SSSR count). The van der Waals surface area contributed by atoms with E-state index in [0.29, 0.717) is 18.1 Å². The third-order valence-electron chi connectivity index (χ3n) is 4.61. The van der Waals surface area contributed by atoms with E-state index >= 15 is 0 Å². The van der Waals surface area contributed by atoms with Crippen molar-refractivity contribution < 1.29 is 14.2 Å². The maximum atomic E-state index is 11.0. The lowest BCUT2D eigenvalue weighted by molar-refractivity contribution is -0.138. The van der Waals surface area contributed by atoms with E-state index in [2.05, 4.69) is 79.7 Å². The van der Waals surface area contributed by atoms with Crippen molar-refractivity contribution in [2.24, 2.45) is 5.92 Å². The highest BCUT2D eigenvalue weighted by atomic mass is 16.5. The molecule has 0 unspecified atom stereocenters. The highest BCUT2D eigenvalue weighted by molar-refractivity contribution is 6.47. The lowest BCUT2D eigenvalue weighted by Crippen LogP contribution is -2.36. The molecular weight excluding hydrogens is 395 g/mol. The molecular formula is C28H52BO3. The minimum atomic E-state index is -0.194. The van der Waals surface area contributed by atoms with Crippen LogP contribution in [-0.2, 0) is 20.6 Å². The van der Waals surface area contributed by atoms with E-state index in [1.54, 1.807) is 6.92 Å². The molecule has 0 aliphatic heterocycles. The third-order valence-corrected chi connectivity index (χ3v) is 4.61. The van der Waals surface area contributed by atoms with Gasteiger partial charge in [-0.15, -0.1) is 0 Å². The Morgan fingerprint density at radius 2 is 1.53 bits per heavy atom. The summed E-state index contributed by atoms with van der Waals surface area (Å²) in [5, 5.41) is 0. The van der Waals surface area contributed by atoms with E-state index in [4.69, 9.17) is 9.39 Å². The van der Waals surface area contributed by atoms with Crippen LogP contribution in [0.2, 0.25) is 0 Å². The molecule has 0 amide bonds. The average molecular weight is 448 g/mol. The number of aryl methyl sites for hydroxylation is 1. The largest absolute Gasteiger partial charge is 0.463 e. The molecule has 0 atom stereocenters. The van der Waals surface area contributed by atoms with Gasteiger partial charge in [0.25, 0.3) is 0 Å². The molecule has 0 bridgehead atoms. The van der Waals surface area contributed by atoms with Crippen LogP contribution < -0.4 is 5.46 Å². The summed E-state index contributed by atoms with van der Waals surface area (Å²) < 4.78 is 10.6. The van der Waals surface area contributed by atoms with Crippen molar-refractivity contribution in [1.82, 2.24) is 0 Å². The molecule has 32 heavy (non-hydrogen) atoms. The van der Waals surface area contributed by atoms with Gasteiger partial charge in [-0.05, 0) is 52.0 Å². The lowest BCUT2D eigenvalue weighted by Gasteiger charge is -2.30. The Morgan fingerprint density at radius 3 is 1.91 bits per heavy atom. The van der Waals surface area contributed by atoms with E-state index in [9.17, 15) is 4.79 Å². The number of rotatable bonds is 9. The van der Waals surface area contributed by atoms with E-state index in [0.717, 1.165) is 24.7 Å². The number of hydrogen-bond acceptors (Lipinski definition) is 3. The molecule has 0 aliphatic rings. The second-order valence-electron chi connectivity index (χ2n) is 8.19. The van der Waals surface area contributed by atoms with Crippen molar-refractivity contribution in [3.63, 3.8) is 0 Å². The molecule has 1 aromatic carbocycles. The second-order valence-corrected chi connectivity index (χ2v) is 8.19. The molecule has 0 N–H and O–H groups in total. The number of ether oxygens (including phenoxy) is 1. The third kappa shape index (κ3) is 19.2. The Kier molecular flexibility index (Phi) is 24.8. The second kappa shape index (κ2) is 22.6. The quantitative estimate of drug-likeness (QED) is 0.221. The molecule has 4 heteroatoms. The van der Waals surface area contributed by atoms with Crippen LogP contribution in [0.4, 0.5) is 0 Å². The summed E-state index contributed by atoms with van der Waals surface area (Å²) in [6, 6.07) is 8.51. The van der Waals surface area contributed by atoms with Gasteiger partial charge in [-0.1, -0.05) is 104 Å². The molecule has 0 aromatic heterocycles. The topological polar surface area (TPSA) is 35.5 Å². The number of carbonyl (C=O) groups excluding carboxylic acids is 1. The van der Waals surface area contributed by atoms with Gasteiger partial charge in [-0.3, -0.25) is 0 Å². The summed E-state index contributed by atoms with van der Waals surface area (Å²) in [4.78, 5) is 11.0. The predicted molar refractivity (Wildman–Crippen MR) is 144 cm³/mol. The monoisotopic (exact) mass is 447 g/mol. The van der Waals surface area contributed by atoms with Gasteiger partial charge in [0.15, 0.2) is 0 Å². The number of benzene rings is 1. The van der Waals surface area contributed by atoms with Crippen molar-refractivity contribution in [2.45, 2.75) is 114 Å². The summed E-state index contributed by atoms with van der Waals surface area (Å²) in [6.45, 7) is 25.1. The molecule has 0 spiro atoms. The summed E-state index contributed by atoms with van der Waals surface area (Å²) in [5.74, 6) is 0.305. The van der Waals surface area contributed by atoms with Crippen LogP contribution in [0.3, 0.4) is 0 Å². The van der Waals surface area contributed by atoms with Crippen LogP contribution >= 0.6 is 0 Å². The zero-order valence-corrected chi connectivity index (χ0v) is 23.3. The van der Waals surface area contributed by atoms with Crippen LogP contribution in [0.5, 0.6) is 0 Å². The zero-order chi connectivity index (χ0) is 25.6. The normalized spacial score (nSPS) is 10.6. The first-order chi connectivity index (χ1) is 15.1. The number of hydrogen-bond donors (Lipinski definition) is 0. The highest BCUT2D eigenvalue weighted by Gasteiger charge is 2.22. The lowest BCUT2D eigenvalue weighted by atomic mass is 9.84. The summed E-state index contributed by atoms with van der Waals surface area (Å²) in [6.07, 6.45) is 6.26. The summed E-state index contributed by atoms with van der Waals surface area (Å²) >= 11 is 0. The van der Waals surface area contributed by atoms with E-state index in [-0.39, 0.29) is 11.6 Å². The van der Waals surface area contributed by atoms with Crippen molar-refractivity contribution in [1.29, 1.82) is 0 Å². The number of esters is 1. The molecule has 0 saturated carbocycles. The maximum Gasteiger partial charge on any atom is 0.333 e. The van der Waals surface area contributed by atoms with Crippen molar-refractivity contribution in [3.05, 3.63) is 41.5 Å². The highest BCUT2D eigenvalue weighted by Crippen LogP contribution is 2.19. The van der Waals surface area contributed by atoms with Crippen LogP contribution in [0.1, 0.15) is 108 Å². The minimum absolute atomic E-state index is 0.108. The Hall–Kier alpha value is -1.55. The standard InChI is InChI=1S/C14H22BO.C9H16O2.C3H8.C2H6/c1-6-12-7-9-13(10-8-12)15-16-14(4,5)11(2)3;1-4-6-7-8(3)9(10)11-5-2;1-3-2;1-2/h7-11H,6H2,1-5H3;7H,4-6H2,1-3H3;3H2,1-2H3;1-2H3/b;8-7+;;. The van der Waals surface area contributed by atoms with Gasteiger partial charge in [0.1, 0.15) is 0 Å². The van der Waals surface area contributed by atoms with E-state index in [1.807, 2.05) is 34.3 Å². The van der Waals surface area contributed by atoms with Gasteiger partial charge in [0.05, 0.1) is 6.61 Å². The predicted octanol–water partition coefficient (Wildman–Crippen LogP) is 7.68. The minimum Gasteiger partial charge on any atom is -0.463 e. The van der Waals surface area contributed by atoms with Gasteiger partial charge < -0.3 is 9.39 Å². The fourth-order valence-corrected chi connectivity index (χ4v) is 1.88. The molecule has 1 aromatic rings. The van der Waals surface area contributed by atoms with E-state index < -0.39 is 0 Å². The molecule has 0 fully saturated rings. The smallest absolute Gasteiger partial charge is 0.333 e. The van der Waals surface area contributed by atoms with Crippen LogP contribution in [0.15, 0.2) is 35.9 Å². The van der Waals surface area contributed by atoms with Gasteiger partial charge >= 0.3 is 13.5 Å². The average Bonchev–Trinajstić information content (AvgIpc) is 2.78. The molecule has 0 saturated heterocycles. The molecule has 0 heterocycles. The van der Waals surface area contributed by atoms with Gasteiger partial charge in [0, 0.05) is 11.2 Å². The first-order valence-electron chi connectivity index (χ1n) is 12.5. The SMILES string of the molecule is CC.CCC.CCC/C=C(\C)C(=O)OCC.CCc1ccc([B]OC(C)(C)C(C)C)cc1. The Bertz CT molecular complexity index is 575. The Morgan fingerprint density at radius 1 is 1.03 bits per heavy atom. The van der Waals surface area contributed by atoms with E-state index in [1.165, 1.54) is 12.0 Å².